The summed E-state index contributed by atoms with van der Waals surface area (Å²) < 4.78 is 17.4. The number of esters is 1. The van der Waals surface area contributed by atoms with Crippen molar-refractivity contribution in [1.82, 2.24) is 5.32 Å². The zero-order chi connectivity index (χ0) is 26.0. The fourth-order valence-electron chi connectivity index (χ4n) is 3.94. The van der Waals surface area contributed by atoms with Gasteiger partial charge >= 0.3 is 5.97 Å². The van der Waals surface area contributed by atoms with Crippen LogP contribution in [-0.4, -0.2) is 38.4 Å². The van der Waals surface area contributed by atoms with Crippen LogP contribution in [0.25, 0.3) is 0 Å². The summed E-state index contributed by atoms with van der Waals surface area (Å²) in [7, 11) is 1.81. The minimum absolute atomic E-state index is 0.0396. The number of nitrogens with one attached hydrogen (secondary N) is 1. The van der Waals surface area contributed by atoms with Crippen molar-refractivity contribution in [3.8, 4) is 5.75 Å². The van der Waals surface area contributed by atoms with Gasteiger partial charge in [-0.25, -0.2) is 0 Å². The van der Waals surface area contributed by atoms with Crippen LogP contribution in [0, 0.1) is 5.92 Å². The van der Waals surface area contributed by atoms with Crippen molar-refractivity contribution in [1.29, 1.82) is 0 Å². The van der Waals surface area contributed by atoms with Crippen molar-refractivity contribution in [3.05, 3.63) is 78.4 Å². The Labute approximate surface area is 218 Å². The summed E-state index contributed by atoms with van der Waals surface area (Å²) in [4.78, 5) is 13.0. The third-order valence-electron chi connectivity index (χ3n) is 6.36. The van der Waals surface area contributed by atoms with Crippen LogP contribution in [0.2, 0.25) is 0 Å². The van der Waals surface area contributed by atoms with E-state index in [1.165, 1.54) is 0 Å². The van der Waals surface area contributed by atoms with E-state index in [0.717, 1.165) is 55.4 Å². The lowest BCUT2D eigenvalue weighted by atomic mass is 9.99. The van der Waals surface area contributed by atoms with Gasteiger partial charge < -0.3 is 19.5 Å². The van der Waals surface area contributed by atoms with E-state index in [1.54, 1.807) is 0 Å². The van der Waals surface area contributed by atoms with Gasteiger partial charge in [-0.15, -0.1) is 6.58 Å². The Morgan fingerprint density at radius 1 is 0.972 bits per heavy atom. The topological polar surface area (TPSA) is 56.8 Å². The van der Waals surface area contributed by atoms with Crippen LogP contribution in [0.15, 0.2) is 67.3 Å². The van der Waals surface area contributed by atoms with Gasteiger partial charge in [0.2, 0.25) is 0 Å². The van der Waals surface area contributed by atoms with E-state index in [0.29, 0.717) is 32.2 Å². The molecule has 0 saturated heterocycles. The second-order valence-corrected chi connectivity index (χ2v) is 9.42. The van der Waals surface area contributed by atoms with Crippen molar-refractivity contribution < 1.29 is 19.0 Å². The molecule has 2 aromatic rings. The van der Waals surface area contributed by atoms with Crippen LogP contribution in [0.5, 0.6) is 5.75 Å². The van der Waals surface area contributed by atoms with E-state index in [1.807, 2.05) is 67.7 Å². The second kappa shape index (κ2) is 17.7. The molecule has 0 unspecified atom stereocenters. The lowest BCUT2D eigenvalue weighted by molar-refractivity contribution is -0.152. The number of ether oxygens (including phenoxy) is 3. The van der Waals surface area contributed by atoms with Crippen molar-refractivity contribution in [2.45, 2.75) is 77.5 Å². The number of carbonyl (C=O) groups excluding carboxylic acids is 1. The first-order valence-corrected chi connectivity index (χ1v) is 13.4. The van der Waals surface area contributed by atoms with Crippen LogP contribution < -0.4 is 10.1 Å². The van der Waals surface area contributed by atoms with Crippen molar-refractivity contribution in [2.24, 2.45) is 5.92 Å². The highest BCUT2D eigenvalue weighted by atomic mass is 16.5. The molecule has 0 saturated carbocycles. The summed E-state index contributed by atoms with van der Waals surface area (Å²) in [5.74, 6) is 1.03. The van der Waals surface area contributed by atoms with Gasteiger partial charge in [-0.05, 0) is 68.3 Å². The Balaban J connectivity index is 1.78. The highest BCUT2D eigenvalue weighted by molar-refractivity contribution is 5.76. The molecular formula is C31H45NO4. The van der Waals surface area contributed by atoms with Gasteiger partial charge in [-0.1, -0.05) is 75.2 Å². The maximum absolute atomic E-state index is 13.0. The van der Waals surface area contributed by atoms with Crippen molar-refractivity contribution in [3.63, 3.8) is 0 Å². The number of allylic oxidation sites excluding steroid dienone is 1. The standard InChI is InChI=1S/C31H45NO4/c1-5-7-9-14-29(18-15-25(3)6-2)36-31(33)30(32-4)23-26-16-19-28(20-17-26)35-22-21-34-24-27-12-10-8-11-13-27/h6,8,10-13,16-17,19-20,25,29-30,32H,2,5,7,9,14-15,18,21-24H2,1,3-4H3/t25-,29-,30+/m1/s1. The number of benzene rings is 2. The molecule has 0 bridgehead atoms. The van der Waals surface area contributed by atoms with E-state index in [9.17, 15) is 4.79 Å². The van der Waals surface area contributed by atoms with E-state index in [2.05, 4.69) is 25.7 Å². The molecule has 5 nitrogen and oxygen atoms in total. The normalized spacial score (nSPS) is 13.5. The van der Waals surface area contributed by atoms with Crippen LogP contribution >= 0.6 is 0 Å². The molecule has 0 aliphatic carbocycles. The van der Waals surface area contributed by atoms with Gasteiger partial charge in [0, 0.05) is 0 Å². The van der Waals surface area contributed by atoms with E-state index < -0.39 is 0 Å². The fourth-order valence-corrected chi connectivity index (χ4v) is 3.94. The minimum atomic E-state index is -0.381. The Kier molecular flexibility index (Phi) is 14.6. The maximum Gasteiger partial charge on any atom is 0.323 e. The number of unbranched alkanes of at least 4 members (excludes halogenated alkanes) is 2. The molecule has 0 radical (unpaired) electrons. The fraction of sp³-hybridized carbons (Fsp3) is 0.516. The van der Waals surface area contributed by atoms with Crippen molar-refractivity contribution in [2.75, 3.05) is 20.3 Å². The summed E-state index contributed by atoms with van der Waals surface area (Å²) in [6.45, 7) is 9.80. The first-order valence-electron chi connectivity index (χ1n) is 13.4. The van der Waals surface area contributed by atoms with Gasteiger partial charge in [0.05, 0.1) is 13.2 Å². The average Bonchev–Trinajstić information content (AvgIpc) is 2.91. The smallest absolute Gasteiger partial charge is 0.323 e. The molecule has 0 aromatic heterocycles. The van der Waals surface area contributed by atoms with Gasteiger partial charge in [0.25, 0.3) is 0 Å². The molecule has 198 valence electrons. The largest absolute Gasteiger partial charge is 0.491 e. The molecule has 5 heteroatoms. The average molecular weight is 496 g/mol. The summed E-state index contributed by atoms with van der Waals surface area (Å²) in [5, 5.41) is 3.14. The SMILES string of the molecule is C=C[C@@H](C)CC[C@@H](CCCCC)OC(=O)[C@H](Cc1ccc(OCCOCc2ccccc2)cc1)NC. The maximum atomic E-state index is 13.0. The molecule has 0 aliphatic heterocycles. The van der Waals surface area contributed by atoms with E-state index in [4.69, 9.17) is 14.2 Å². The summed E-state index contributed by atoms with van der Waals surface area (Å²) in [6, 6.07) is 17.6. The highest BCUT2D eigenvalue weighted by Gasteiger charge is 2.23. The van der Waals surface area contributed by atoms with Crippen LogP contribution in [0.3, 0.4) is 0 Å². The molecule has 0 amide bonds. The van der Waals surface area contributed by atoms with Crippen LogP contribution in [0.4, 0.5) is 0 Å². The number of hydrogen-bond acceptors (Lipinski definition) is 5. The van der Waals surface area contributed by atoms with Gasteiger partial charge in [-0.2, -0.15) is 0 Å². The van der Waals surface area contributed by atoms with Gasteiger partial charge in [0.1, 0.15) is 24.5 Å². The Hall–Kier alpha value is -2.63. The number of likely N-dealkylation sites (N-methyl/N-ethyl adjacent to an activating group) is 1. The minimum Gasteiger partial charge on any atom is -0.491 e. The Bertz CT molecular complexity index is 853. The lowest BCUT2D eigenvalue weighted by Crippen LogP contribution is -2.39. The molecule has 2 rings (SSSR count). The molecule has 0 fully saturated rings. The quantitative estimate of drug-likeness (QED) is 0.137. The molecule has 36 heavy (non-hydrogen) atoms. The molecule has 1 N–H and O–H groups in total. The monoisotopic (exact) mass is 495 g/mol. The Morgan fingerprint density at radius 2 is 1.72 bits per heavy atom. The molecule has 0 heterocycles. The molecule has 2 aromatic carbocycles. The zero-order valence-electron chi connectivity index (χ0n) is 22.4. The molecule has 0 aliphatic rings. The molecule has 0 spiro atoms. The van der Waals surface area contributed by atoms with Crippen molar-refractivity contribution >= 4 is 5.97 Å². The number of hydrogen-bond donors (Lipinski definition) is 1. The first-order chi connectivity index (χ1) is 17.5. The van der Waals surface area contributed by atoms with E-state index >= 15 is 0 Å². The number of carbonyl (C=O) groups is 1. The van der Waals surface area contributed by atoms with E-state index in [-0.39, 0.29) is 18.1 Å². The summed E-state index contributed by atoms with van der Waals surface area (Å²) >= 11 is 0. The van der Waals surface area contributed by atoms with Gasteiger partial charge in [0.15, 0.2) is 0 Å². The molecule has 3 atom stereocenters. The first kappa shape index (κ1) is 29.6. The summed E-state index contributed by atoms with van der Waals surface area (Å²) in [5.41, 5.74) is 2.21. The third-order valence-corrected chi connectivity index (χ3v) is 6.36. The predicted octanol–water partition coefficient (Wildman–Crippen LogP) is 6.51. The number of rotatable bonds is 19. The molecular weight excluding hydrogens is 450 g/mol. The van der Waals surface area contributed by atoms with Crippen LogP contribution in [-0.2, 0) is 27.3 Å². The third kappa shape index (κ3) is 11.9. The summed E-state index contributed by atoms with van der Waals surface area (Å²) in [6.07, 6.45) is 8.67. The highest BCUT2D eigenvalue weighted by Crippen LogP contribution is 2.19. The van der Waals surface area contributed by atoms with Crippen LogP contribution in [0.1, 0.15) is 63.5 Å². The lowest BCUT2D eigenvalue weighted by Gasteiger charge is -2.23. The van der Waals surface area contributed by atoms with Gasteiger partial charge in [-0.3, -0.25) is 4.79 Å². The predicted molar refractivity (Wildman–Crippen MR) is 147 cm³/mol. The second-order valence-electron chi connectivity index (χ2n) is 9.42. The Morgan fingerprint density at radius 3 is 2.39 bits per heavy atom. The zero-order valence-corrected chi connectivity index (χ0v) is 22.4.